The quantitative estimate of drug-likeness (QED) is 0.188. The van der Waals surface area contributed by atoms with Crippen molar-refractivity contribution in [3.63, 3.8) is 0 Å². The standard InChI is InChI=1S/C28H49BrN4O3Si/c1-6-22(34)11-9-8-10-12-23(25-31-19-24(29)33(25)21-36-17-18-37(3,4)5)28(26(30)35)20-27(28)13-15-32(7-2)16-14-27/h19,23H,6-18,20-21H2,1-5H3,(H2,30,35)/t23-,28?/m1/s1. The molecule has 9 heteroatoms. The van der Waals surface area contributed by atoms with Gasteiger partial charge in [0.25, 0.3) is 0 Å². The van der Waals surface area contributed by atoms with Gasteiger partial charge in [0.1, 0.15) is 22.9 Å². The Labute approximate surface area is 233 Å². The van der Waals surface area contributed by atoms with Crippen LogP contribution < -0.4 is 5.73 Å². The lowest BCUT2D eigenvalue weighted by molar-refractivity contribution is -0.126. The third-order valence-corrected chi connectivity index (χ3v) is 11.3. The predicted molar refractivity (Wildman–Crippen MR) is 155 cm³/mol. The molecule has 3 rings (SSSR count). The van der Waals surface area contributed by atoms with Crippen LogP contribution >= 0.6 is 15.9 Å². The average molecular weight is 598 g/mol. The maximum absolute atomic E-state index is 13.3. The third kappa shape index (κ3) is 7.14. The number of ketones is 1. The van der Waals surface area contributed by atoms with Gasteiger partial charge in [0.05, 0.1) is 11.6 Å². The van der Waals surface area contributed by atoms with Gasteiger partial charge in [-0.15, -0.1) is 0 Å². The maximum atomic E-state index is 13.3. The van der Waals surface area contributed by atoms with E-state index in [1.807, 2.05) is 13.1 Å². The smallest absolute Gasteiger partial charge is 0.224 e. The Morgan fingerprint density at radius 2 is 1.89 bits per heavy atom. The first-order valence-corrected chi connectivity index (χ1v) is 18.8. The molecule has 1 unspecified atom stereocenters. The summed E-state index contributed by atoms with van der Waals surface area (Å²) in [5, 5.41) is 0. The van der Waals surface area contributed by atoms with Crippen molar-refractivity contribution in [3.05, 3.63) is 16.6 Å². The van der Waals surface area contributed by atoms with Crippen LogP contribution in [-0.2, 0) is 21.1 Å². The zero-order valence-corrected chi connectivity index (χ0v) is 26.4. The largest absolute Gasteiger partial charge is 0.369 e. The van der Waals surface area contributed by atoms with Crippen molar-refractivity contribution in [2.75, 3.05) is 26.2 Å². The van der Waals surface area contributed by atoms with Gasteiger partial charge in [-0.1, -0.05) is 46.3 Å². The van der Waals surface area contributed by atoms with Gasteiger partial charge in [-0.2, -0.15) is 0 Å². The molecule has 2 fully saturated rings. The molecule has 2 aliphatic rings. The molecule has 1 aliphatic carbocycles. The number of piperidine rings is 1. The van der Waals surface area contributed by atoms with Gasteiger partial charge >= 0.3 is 0 Å². The van der Waals surface area contributed by atoms with Gasteiger partial charge < -0.3 is 15.4 Å². The lowest BCUT2D eigenvalue weighted by Gasteiger charge is -2.37. The number of primary amides is 1. The molecule has 2 N–H and O–H groups in total. The van der Waals surface area contributed by atoms with Crippen LogP contribution in [0.3, 0.4) is 0 Å². The van der Waals surface area contributed by atoms with Crippen molar-refractivity contribution in [1.82, 2.24) is 14.5 Å². The zero-order valence-electron chi connectivity index (χ0n) is 23.8. The lowest BCUT2D eigenvalue weighted by atomic mass is 9.73. The summed E-state index contributed by atoms with van der Waals surface area (Å²) >= 11 is 3.69. The molecule has 7 nitrogen and oxygen atoms in total. The first-order valence-electron chi connectivity index (χ1n) is 14.3. The zero-order chi connectivity index (χ0) is 27.3. The van der Waals surface area contributed by atoms with Gasteiger partial charge in [0.2, 0.25) is 5.91 Å². The molecule has 1 amide bonds. The van der Waals surface area contributed by atoms with Gasteiger partial charge in [-0.05, 0) is 79.1 Å². The van der Waals surface area contributed by atoms with Crippen molar-refractivity contribution in [1.29, 1.82) is 0 Å². The summed E-state index contributed by atoms with van der Waals surface area (Å²) in [5.41, 5.74) is 5.69. The molecule has 0 radical (unpaired) electrons. The first-order chi connectivity index (χ1) is 17.5. The number of ether oxygens (including phenoxy) is 1. The maximum Gasteiger partial charge on any atom is 0.224 e. The number of nitrogens with zero attached hydrogens (tertiary/aromatic N) is 3. The van der Waals surface area contributed by atoms with Crippen molar-refractivity contribution >= 4 is 35.7 Å². The summed E-state index contributed by atoms with van der Waals surface area (Å²) in [4.78, 5) is 32.4. The van der Waals surface area contributed by atoms with Crippen LogP contribution in [0, 0.1) is 10.8 Å². The number of likely N-dealkylation sites (tertiary alicyclic amines) is 1. The summed E-state index contributed by atoms with van der Waals surface area (Å²) in [7, 11) is -1.19. The number of halogens is 1. The summed E-state index contributed by atoms with van der Waals surface area (Å²) in [6.45, 7) is 15.4. The molecule has 0 bridgehead atoms. The summed E-state index contributed by atoms with van der Waals surface area (Å²) in [6, 6.07) is 1.11. The highest BCUT2D eigenvalue weighted by Gasteiger charge is 2.74. The highest BCUT2D eigenvalue weighted by Crippen LogP contribution is 2.75. The predicted octanol–water partition coefficient (Wildman–Crippen LogP) is 5.95. The number of imidazole rings is 1. The Kier molecular flexibility index (Phi) is 10.6. The van der Waals surface area contributed by atoms with E-state index in [4.69, 9.17) is 15.5 Å². The summed E-state index contributed by atoms with van der Waals surface area (Å²) in [6.07, 6.45) is 9.65. The Morgan fingerprint density at radius 1 is 1.19 bits per heavy atom. The van der Waals surface area contributed by atoms with Crippen LogP contribution in [0.4, 0.5) is 0 Å². The topological polar surface area (TPSA) is 90.5 Å². The van der Waals surface area contributed by atoms with Crippen molar-refractivity contribution in [3.8, 4) is 0 Å². The fourth-order valence-corrected chi connectivity index (χ4v) is 7.49. The van der Waals surface area contributed by atoms with E-state index in [1.165, 1.54) is 0 Å². The van der Waals surface area contributed by atoms with E-state index in [0.29, 0.717) is 25.4 Å². The van der Waals surface area contributed by atoms with Crippen LogP contribution in [0.1, 0.15) is 83.4 Å². The number of hydrogen-bond acceptors (Lipinski definition) is 5. The molecule has 1 aliphatic heterocycles. The summed E-state index contributed by atoms with van der Waals surface area (Å²) < 4.78 is 9.12. The van der Waals surface area contributed by atoms with Crippen LogP contribution in [0.5, 0.6) is 0 Å². The van der Waals surface area contributed by atoms with Gasteiger partial charge in [-0.3, -0.25) is 14.2 Å². The van der Waals surface area contributed by atoms with Gasteiger partial charge in [-0.25, -0.2) is 4.98 Å². The molecule has 2 atom stereocenters. The normalized spacial score (nSPS) is 22.3. The fraction of sp³-hybridized carbons (Fsp3) is 0.821. The highest BCUT2D eigenvalue weighted by molar-refractivity contribution is 9.10. The lowest BCUT2D eigenvalue weighted by Crippen LogP contribution is -2.42. The number of aromatic nitrogens is 2. The van der Waals surface area contributed by atoms with Crippen LogP contribution in [0.25, 0.3) is 0 Å². The number of carbonyl (C=O) groups excluding carboxylic acids is 2. The molecule has 1 saturated heterocycles. The molecule has 2 heterocycles. The number of unbranched alkanes of at least 4 members (excludes halogenated alkanes) is 2. The molecule has 210 valence electrons. The minimum atomic E-state index is -1.19. The van der Waals surface area contributed by atoms with Crippen molar-refractivity contribution in [2.45, 2.75) is 110 Å². The third-order valence-electron chi connectivity index (χ3n) is 8.94. The second-order valence-corrected chi connectivity index (χ2v) is 18.9. The number of rotatable bonds is 16. The molecule has 1 aromatic heterocycles. The minimum absolute atomic E-state index is 0.0324. The fourth-order valence-electron chi connectivity index (χ4n) is 6.35. The number of hydrogen-bond donors (Lipinski definition) is 1. The highest BCUT2D eigenvalue weighted by atomic mass is 79.9. The number of Topliss-reactive ketones (excluding diaryl/α,β-unsaturated/α-hetero) is 1. The monoisotopic (exact) mass is 596 g/mol. The Morgan fingerprint density at radius 3 is 2.49 bits per heavy atom. The molecule has 1 spiro atoms. The van der Waals surface area contributed by atoms with E-state index in [0.717, 1.165) is 87.7 Å². The van der Waals surface area contributed by atoms with Crippen LogP contribution in [0.15, 0.2) is 10.8 Å². The number of nitrogens with two attached hydrogens (primary N) is 1. The molecule has 37 heavy (non-hydrogen) atoms. The number of carbonyl (C=O) groups is 2. The minimum Gasteiger partial charge on any atom is -0.369 e. The van der Waals surface area contributed by atoms with E-state index in [9.17, 15) is 9.59 Å². The number of amides is 1. The Balaban J connectivity index is 1.83. The van der Waals surface area contributed by atoms with E-state index >= 15 is 0 Å². The molecular formula is C28H49BrN4O3Si. The van der Waals surface area contributed by atoms with Gasteiger partial charge in [0, 0.05) is 33.4 Å². The SMILES string of the molecule is CCC(=O)CCCCC[C@H](c1ncc(Br)n1COCC[Si](C)(C)C)C1(C(N)=O)CC12CCN(CC)CC2. The Bertz CT molecular complexity index is 923. The van der Waals surface area contributed by atoms with Crippen molar-refractivity contribution in [2.24, 2.45) is 16.6 Å². The van der Waals surface area contributed by atoms with Crippen LogP contribution in [-0.4, -0.2) is 60.5 Å². The first kappa shape index (κ1) is 30.5. The van der Waals surface area contributed by atoms with E-state index in [-0.39, 0.29) is 17.2 Å². The molecule has 0 aromatic carbocycles. The molecule has 1 saturated carbocycles. The van der Waals surface area contributed by atoms with E-state index in [1.54, 1.807) is 0 Å². The van der Waals surface area contributed by atoms with Crippen molar-refractivity contribution < 1.29 is 14.3 Å². The second kappa shape index (κ2) is 12.9. The van der Waals surface area contributed by atoms with E-state index < -0.39 is 13.5 Å². The van der Waals surface area contributed by atoms with E-state index in [2.05, 4.69) is 52.0 Å². The molecule has 1 aromatic rings. The van der Waals surface area contributed by atoms with Gasteiger partial charge in [0.15, 0.2) is 0 Å². The summed E-state index contributed by atoms with van der Waals surface area (Å²) in [5.74, 6) is 1.02. The van der Waals surface area contributed by atoms with Crippen LogP contribution in [0.2, 0.25) is 25.7 Å². The average Bonchev–Trinajstić information content (AvgIpc) is 3.36. The second-order valence-electron chi connectivity index (χ2n) is 12.5. The molecular weight excluding hydrogens is 548 g/mol. The Hall–Kier alpha value is -1.03.